The van der Waals surface area contributed by atoms with Gasteiger partial charge in [-0.3, -0.25) is 0 Å². The smallest absolute Gasteiger partial charge is 0.0560 e. The summed E-state index contributed by atoms with van der Waals surface area (Å²) in [6.45, 7) is 1.14. The molecule has 2 unspecified atom stereocenters. The average Bonchev–Trinajstić information content (AvgIpc) is 2.68. The lowest BCUT2D eigenvalue weighted by molar-refractivity contribution is 0.225. The molecule has 2 nitrogen and oxygen atoms in total. The number of nitrogens with zero attached hydrogens (tertiary/aromatic N) is 2. The maximum absolute atomic E-state index is 3.65. The standard InChI is InChI=1S/C20H23BrN2/c1-22(2)17-9-10-23-19-8-7-16(21)12-15(19)11-14-5-3-4-6-18(14)20(23)13-17/h3-8,12,17,20H,9-11,13H2,1-2H3. The van der Waals surface area contributed by atoms with Gasteiger partial charge in [0.25, 0.3) is 0 Å². The lowest BCUT2D eigenvalue weighted by Crippen LogP contribution is -2.44. The van der Waals surface area contributed by atoms with E-state index in [1.165, 1.54) is 39.7 Å². The van der Waals surface area contributed by atoms with Crippen molar-refractivity contribution in [2.24, 2.45) is 0 Å². The molecule has 2 aliphatic heterocycles. The second-order valence-electron chi connectivity index (χ2n) is 7.00. The molecule has 4 rings (SSSR count). The molecule has 3 heteroatoms. The molecule has 2 heterocycles. The summed E-state index contributed by atoms with van der Waals surface area (Å²) in [6.07, 6.45) is 3.48. The van der Waals surface area contributed by atoms with E-state index in [4.69, 9.17) is 0 Å². The third kappa shape index (κ3) is 2.70. The van der Waals surface area contributed by atoms with Crippen LogP contribution in [0.2, 0.25) is 0 Å². The molecule has 23 heavy (non-hydrogen) atoms. The van der Waals surface area contributed by atoms with E-state index in [9.17, 15) is 0 Å². The summed E-state index contributed by atoms with van der Waals surface area (Å²) >= 11 is 3.65. The number of anilines is 1. The molecular formula is C20H23BrN2. The molecule has 0 aromatic heterocycles. The summed E-state index contributed by atoms with van der Waals surface area (Å²) in [7, 11) is 4.43. The predicted molar refractivity (Wildman–Crippen MR) is 100 cm³/mol. The first-order valence-electron chi connectivity index (χ1n) is 8.43. The summed E-state index contributed by atoms with van der Waals surface area (Å²) in [6, 6.07) is 17.0. The zero-order valence-corrected chi connectivity index (χ0v) is 15.4. The van der Waals surface area contributed by atoms with Gasteiger partial charge < -0.3 is 9.80 Å². The second-order valence-corrected chi connectivity index (χ2v) is 7.92. The van der Waals surface area contributed by atoms with Crippen molar-refractivity contribution in [2.45, 2.75) is 31.3 Å². The van der Waals surface area contributed by atoms with Gasteiger partial charge in [0.05, 0.1) is 6.04 Å². The number of hydrogen-bond acceptors (Lipinski definition) is 2. The minimum Gasteiger partial charge on any atom is -0.364 e. The Bertz CT molecular complexity index is 725. The third-order valence-corrected chi connectivity index (χ3v) is 5.94. The maximum Gasteiger partial charge on any atom is 0.0560 e. The van der Waals surface area contributed by atoms with Crippen molar-refractivity contribution >= 4 is 21.6 Å². The average molecular weight is 371 g/mol. The Labute approximate surface area is 147 Å². The highest BCUT2D eigenvalue weighted by molar-refractivity contribution is 9.10. The van der Waals surface area contributed by atoms with Crippen LogP contribution in [0.3, 0.4) is 0 Å². The number of hydrogen-bond donors (Lipinski definition) is 0. The molecule has 0 amide bonds. The number of halogens is 1. The van der Waals surface area contributed by atoms with Gasteiger partial charge in [0, 0.05) is 22.7 Å². The molecule has 0 radical (unpaired) electrons. The largest absolute Gasteiger partial charge is 0.364 e. The first-order valence-corrected chi connectivity index (χ1v) is 9.22. The molecule has 2 aliphatic rings. The van der Waals surface area contributed by atoms with Crippen LogP contribution in [0.1, 0.15) is 35.6 Å². The molecule has 2 aromatic rings. The number of benzene rings is 2. The fourth-order valence-electron chi connectivity index (χ4n) is 4.20. The van der Waals surface area contributed by atoms with Gasteiger partial charge in [-0.2, -0.15) is 0 Å². The molecule has 0 N–H and O–H groups in total. The van der Waals surface area contributed by atoms with Crippen molar-refractivity contribution in [1.82, 2.24) is 4.90 Å². The van der Waals surface area contributed by atoms with E-state index < -0.39 is 0 Å². The zero-order chi connectivity index (χ0) is 16.0. The van der Waals surface area contributed by atoms with Crippen LogP contribution in [0.4, 0.5) is 5.69 Å². The number of fused-ring (bicyclic) bond motifs is 5. The second kappa shape index (κ2) is 5.95. The zero-order valence-electron chi connectivity index (χ0n) is 13.8. The van der Waals surface area contributed by atoms with Crippen LogP contribution < -0.4 is 4.90 Å². The summed E-state index contributed by atoms with van der Waals surface area (Å²) in [5.41, 5.74) is 5.87. The SMILES string of the molecule is CN(C)C1CCN2c3ccc(Br)cc3Cc3ccccc3C2C1. The molecule has 0 saturated carbocycles. The van der Waals surface area contributed by atoms with Crippen molar-refractivity contribution in [2.75, 3.05) is 25.5 Å². The van der Waals surface area contributed by atoms with Crippen LogP contribution in [-0.4, -0.2) is 31.6 Å². The maximum atomic E-state index is 3.65. The van der Waals surface area contributed by atoms with E-state index >= 15 is 0 Å². The van der Waals surface area contributed by atoms with Crippen LogP contribution in [0, 0.1) is 0 Å². The molecule has 1 fully saturated rings. The van der Waals surface area contributed by atoms with Crippen molar-refractivity contribution < 1.29 is 0 Å². The summed E-state index contributed by atoms with van der Waals surface area (Å²) in [4.78, 5) is 5.04. The number of piperidine rings is 1. The highest BCUT2D eigenvalue weighted by Crippen LogP contribution is 2.43. The lowest BCUT2D eigenvalue weighted by Gasteiger charge is -2.43. The molecule has 2 aromatic carbocycles. The van der Waals surface area contributed by atoms with Gasteiger partial charge in [-0.05, 0) is 68.2 Å². The first-order chi connectivity index (χ1) is 11.1. The minimum atomic E-state index is 0.495. The van der Waals surface area contributed by atoms with Crippen molar-refractivity contribution in [3.63, 3.8) is 0 Å². The molecule has 120 valence electrons. The van der Waals surface area contributed by atoms with Crippen LogP contribution in [0.5, 0.6) is 0 Å². The van der Waals surface area contributed by atoms with Crippen molar-refractivity contribution in [3.05, 3.63) is 63.6 Å². The van der Waals surface area contributed by atoms with E-state index in [0.29, 0.717) is 12.1 Å². The van der Waals surface area contributed by atoms with Crippen LogP contribution in [0.15, 0.2) is 46.9 Å². The molecule has 1 saturated heterocycles. The van der Waals surface area contributed by atoms with Crippen molar-refractivity contribution in [1.29, 1.82) is 0 Å². The normalized spacial score (nSPS) is 23.0. The molecule has 0 spiro atoms. The van der Waals surface area contributed by atoms with Gasteiger partial charge in [0.15, 0.2) is 0 Å². The Hall–Kier alpha value is -1.32. The monoisotopic (exact) mass is 370 g/mol. The Kier molecular flexibility index (Phi) is 3.94. The van der Waals surface area contributed by atoms with Gasteiger partial charge in [-0.25, -0.2) is 0 Å². The molecule has 2 atom stereocenters. The summed E-state index contributed by atoms with van der Waals surface area (Å²) in [5, 5.41) is 0. The van der Waals surface area contributed by atoms with Crippen molar-refractivity contribution in [3.8, 4) is 0 Å². The third-order valence-electron chi connectivity index (χ3n) is 5.45. The van der Waals surface area contributed by atoms with E-state index in [-0.39, 0.29) is 0 Å². The van der Waals surface area contributed by atoms with Gasteiger partial charge in [0.1, 0.15) is 0 Å². The lowest BCUT2D eigenvalue weighted by atomic mass is 9.89. The van der Waals surface area contributed by atoms with E-state index in [2.05, 4.69) is 82.3 Å². The van der Waals surface area contributed by atoms with Gasteiger partial charge >= 0.3 is 0 Å². The topological polar surface area (TPSA) is 6.48 Å². The Morgan fingerprint density at radius 2 is 1.91 bits per heavy atom. The fourth-order valence-corrected chi connectivity index (χ4v) is 4.61. The first kappa shape index (κ1) is 15.2. The highest BCUT2D eigenvalue weighted by atomic mass is 79.9. The molecular weight excluding hydrogens is 348 g/mol. The van der Waals surface area contributed by atoms with Gasteiger partial charge in [-0.1, -0.05) is 40.2 Å². The molecule has 0 aliphatic carbocycles. The van der Waals surface area contributed by atoms with E-state index in [1.54, 1.807) is 0 Å². The van der Waals surface area contributed by atoms with Gasteiger partial charge in [-0.15, -0.1) is 0 Å². The Balaban J connectivity index is 1.84. The van der Waals surface area contributed by atoms with Crippen LogP contribution in [-0.2, 0) is 6.42 Å². The fraction of sp³-hybridized carbons (Fsp3) is 0.400. The minimum absolute atomic E-state index is 0.495. The summed E-state index contributed by atoms with van der Waals surface area (Å²) < 4.78 is 1.18. The highest BCUT2D eigenvalue weighted by Gasteiger charge is 2.34. The quantitative estimate of drug-likeness (QED) is 0.722. The Morgan fingerprint density at radius 1 is 1.09 bits per heavy atom. The Morgan fingerprint density at radius 3 is 2.74 bits per heavy atom. The number of rotatable bonds is 1. The van der Waals surface area contributed by atoms with E-state index in [1.807, 2.05) is 0 Å². The van der Waals surface area contributed by atoms with Gasteiger partial charge in [0.2, 0.25) is 0 Å². The summed E-state index contributed by atoms with van der Waals surface area (Å²) in [5.74, 6) is 0. The van der Waals surface area contributed by atoms with Crippen LogP contribution >= 0.6 is 15.9 Å². The van der Waals surface area contributed by atoms with E-state index in [0.717, 1.165) is 13.0 Å². The predicted octanol–water partition coefficient (Wildman–Crippen LogP) is 4.63. The molecule has 0 bridgehead atoms. The van der Waals surface area contributed by atoms with Crippen LogP contribution in [0.25, 0.3) is 0 Å².